The Morgan fingerprint density at radius 2 is 2.04 bits per heavy atom. The Bertz CT molecular complexity index is 710. The maximum Gasteiger partial charge on any atom is 0.303 e. The van der Waals surface area contributed by atoms with Crippen molar-refractivity contribution in [1.82, 2.24) is 14.7 Å². The van der Waals surface area contributed by atoms with Gasteiger partial charge in [-0.25, -0.2) is 0 Å². The van der Waals surface area contributed by atoms with Crippen LogP contribution >= 0.6 is 0 Å². The maximum atomic E-state index is 12.7. The van der Waals surface area contributed by atoms with Crippen molar-refractivity contribution in [3.63, 3.8) is 0 Å². The second-order valence-corrected chi connectivity index (χ2v) is 6.59. The molecule has 1 atom stereocenters. The fourth-order valence-electron chi connectivity index (χ4n) is 3.33. The van der Waals surface area contributed by atoms with Gasteiger partial charge in [-0.15, -0.1) is 0 Å². The van der Waals surface area contributed by atoms with Gasteiger partial charge in [0.05, 0.1) is 6.54 Å². The van der Waals surface area contributed by atoms with E-state index in [0.29, 0.717) is 25.1 Å². The van der Waals surface area contributed by atoms with Crippen molar-refractivity contribution in [3.8, 4) is 0 Å². The average Bonchev–Trinajstić information content (AvgIpc) is 3.13. The zero-order valence-electron chi connectivity index (χ0n) is 14.2. The molecule has 1 aliphatic heterocycles. The Kier molecular flexibility index (Phi) is 5.48. The zero-order valence-corrected chi connectivity index (χ0v) is 14.2. The van der Waals surface area contributed by atoms with Crippen LogP contribution < -0.4 is 0 Å². The van der Waals surface area contributed by atoms with E-state index in [1.165, 1.54) is 0 Å². The van der Waals surface area contributed by atoms with Crippen molar-refractivity contribution in [2.24, 2.45) is 5.92 Å². The first-order chi connectivity index (χ1) is 12.1. The van der Waals surface area contributed by atoms with E-state index in [-0.39, 0.29) is 18.2 Å². The van der Waals surface area contributed by atoms with Gasteiger partial charge < -0.3 is 10.0 Å². The first kappa shape index (κ1) is 17.2. The first-order valence-corrected chi connectivity index (χ1v) is 8.69. The highest BCUT2D eigenvalue weighted by Crippen LogP contribution is 2.22. The van der Waals surface area contributed by atoms with Crippen LogP contribution in [0.25, 0.3) is 0 Å². The van der Waals surface area contributed by atoms with Crippen molar-refractivity contribution in [1.29, 1.82) is 0 Å². The van der Waals surface area contributed by atoms with Gasteiger partial charge in [0, 0.05) is 37.5 Å². The van der Waals surface area contributed by atoms with E-state index in [9.17, 15) is 9.59 Å². The number of amides is 1. The summed E-state index contributed by atoms with van der Waals surface area (Å²) in [6.45, 7) is 2.08. The molecule has 1 saturated heterocycles. The SMILES string of the molecule is O=C(O)CCC1CCCN(C(=O)c2ccc(Cn3cccn3)cc2)C1. The number of aliphatic carboxylic acids is 1. The number of nitrogens with zero attached hydrogens (tertiary/aromatic N) is 3. The molecule has 1 amide bonds. The van der Waals surface area contributed by atoms with Crippen molar-refractivity contribution in [3.05, 3.63) is 53.9 Å². The van der Waals surface area contributed by atoms with Crippen LogP contribution in [0.4, 0.5) is 0 Å². The highest BCUT2D eigenvalue weighted by molar-refractivity contribution is 5.94. The number of piperidine rings is 1. The predicted molar refractivity (Wildman–Crippen MR) is 93.3 cm³/mol. The average molecular weight is 341 g/mol. The van der Waals surface area contributed by atoms with Gasteiger partial charge in [0.15, 0.2) is 0 Å². The third kappa shape index (κ3) is 4.68. The first-order valence-electron chi connectivity index (χ1n) is 8.69. The molecule has 0 spiro atoms. The van der Waals surface area contributed by atoms with Crippen LogP contribution in [-0.4, -0.2) is 44.8 Å². The molecule has 3 rings (SSSR count). The molecule has 0 saturated carbocycles. The summed E-state index contributed by atoms with van der Waals surface area (Å²) in [5, 5.41) is 13.0. The Morgan fingerprint density at radius 3 is 2.72 bits per heavy atom. The van der Waals surface area contributed by atoms with E-state index in [4.69, 9.17) is 5.11 Å². The molecular formula is C19H23N3O3. The molecule has 1 unspecified atom stereocenters. The lowest BCUT2D eigenvalue weighted by molar-refractivity contribution is -0.137. The Balaban J connectivity index is 1.59. The number of carboxylic acid groups (broad SMARTS) is 1. The summed E-state index contributed by atoms with van der Waals surface area (Å²) in [4.78, 5) is 25.3. The number of hydrogen-bond acceptors (Lipinski definition) is 3. The number of aromatic nitrogens is 2. The van der Waals surface area contributed by atoms with Gasteiger partial charge in [0.1, 0.15) is 0 Å². The summed E-state index contributed by atoms with van der Waals surface area (Å²) < 4.78 is 1.84. The van der Waals surface area contributed by atoms with Gasteiger partial charge in [-0.05, 0) is 48.9 Å². The lowest BCUT2D eigenvalue weighted by Crippen LogP contribution is -2.40. The molecule has 1 aromatic heterocycles. The lowest BCUT2D eigenvalue weighted by Gasteiger charge is -2.32. The van der Waals surface area contributed by atoms with E-state index < -0.39 is 5.97 Å². The maximum absolute atomic E-state index is 12.7. The summed E-state index contributed by atoms with van der Waals surface area (Å²) in [5.74, 6) is -0.449. The Hall–Kier alpha value is -2.63. The Labute approximate surface area is 147 Å². The minimum absolute atomic E-state index is 0.0330. The fourth-order valence-corrected chi connectivity index (χ4v) is 3.33. The summed E-state index contributed by atoms with van der Waals surface area (Å²) in [6.07, 6.45) is 6.41. The number of carbonyl (C=O) groups excluding carboxylic acids is 1. The quantitative estimate of drug-likeness (QED) is 0.876. The van der Waals surface area contributed by atoms with E-state index in [2.05, 4.69) is 5.10 Å². The predicted octanol–water partition coefficient (Wildman–Crippen LogP) is 2.65. The van der Waals surface area contributed by atoms with Crippen molar-refractivity contribution >= 4 is 11.9 Å². The third-order valence-corrected chi connectivity index (χ3v) is 4.68. The number of hydrogen-bond donors (Lipinski definition) is 1. The second-order valence-electron chi connectivity index (χ2n) is 6.59. The van der Waals surface area contributed by atoms with Crippen LogP contribution in [0.2, 0.25) is 0 Å². The second kappa shape index (κ2) is 7.96. The molecule has 0 radical (unpaired) electrons. The minimum atomic E-state index is -0.767. The molecule has 1 N–H and O–H groups in total. The Morgan fingerprint density at radius 1 is 1.24 bits per heavy atom. The molecule has 25 heavy (non-hydrogen) atoms. The van der Waals surface area contributed by atoms with Crippen molar-refractivity contribution < 1.29 is 14.7 Å². The molecule has 6 heteroatoms. The van der Waals surface area contributed by atoms with Crippen molar-refractivity contribution in [2.75, 3.05) is 13.1 Å². The monoisotopic (exact) mass is 341 g/mol. The molecule has 1 aliphatic rings. The smallest absolute Gasteiger partial charge is 0.303 e. The molecule has 1 aromatic carbocycles. The van der Waals surface area contributed by atoms with E-state index in [1.54, 1.807) is 6.20 Å². The minimum Gasteiger partial charge on any atom is -0.481 e. The number of carboxylic acids is 1. The van der Waals surface area contributed by atoms with E-state index >= 15 is 0 Å². The topological polar surface area (TPSA) is 75.4 Å². The summed E-state index contributed by atoms with van der Waals surface area (Å²) in [7, 11) is 0. The standard InChI is InChI=1S/C19H23N3O3/c23-18(24)9-6-15-3-1-11-21(13-15)19(25)17-7-4-16(5-8-17)14-22-12-2-10-20-22/h2,4-5,7-8,10,12,15H,1,3,6,9,11,13-14H2,(H,23,24). The summed E-state index contributed by atoms with van der Waals surface area (Å²) in [5.41, 5.74) is 1.78. The number of rotatable bonds is 6. The van der Waals surface area contributed by atoms with Crippen LogP contribution in [0.3, 0.4) is 0 Å². The van der Waals surface area contributed by atoms with Gasteiger partial charge in [-0.3, -0.25) is 14.3 Å². The zero-order chi connectivity index (χ0) is 17.6. The molecule has 0 bridgehead atoms. The van der Waals surface area contributed by atoms with Crippen LogP contribution in [-0.2, 0) is 11.3 Å². The molecule has 132 valence electrons. The largest absolute Gasteiger partial charge is 0.481 e. The number of benzene rings is 1. The molecule has 2 heterocycles. The highest BCUT2D eigenvalue weighted by Gasteiger charge is 2.24. The van der Waals surface area contributed by atoms with Gasteiger partial charge in [0.2, 0.25) is 0 Å². The molecule has 0 aliphatic carbocycles. The number of carbonyl (C=O) groups is 2. The summed E-state index contributed by atoms with van der Waals surface area (Å²) in [6, 6.07) is 9.53. The van der Waals surface area contributed by atoms with Crippen molar-refractivity contribution in [2.45, 2.75) is 32.2 Å². The molecule has 6 nitrogen and oxygen atoms in total. The van der Waals surface area contributed by atoms with Gasteiger partial charge in [-0.1, -0.05) is 12.1 Å². The third-order valence-electron chi connectivity index (χ3n) is 4.68. The highest BCUT2D eigenvalue weighted by atomic mass is 16.4. The molecule has 2 aromatic rings. The fraction of sp³-hybridized carbons (Fsp3) is 0.421. The molecular weight excluding hydrogens is 318 g/mol. The van der Waals surface area contributed by atoms with Crippen LogP contribution in [0.15, 0.2) is 42.7 Å². The summed E-state index contributed by atoms with van der Waals surface area (Å²) >= 11 is 0. The van der Waals surface area contributed by atoms with E-state index in [0.717, 1.165) is 24.9 Å². The van der Waals surface area contributed by atoms with Crippen LogP contribution in [0.5, 0.6) is 0 Å². The molecule has 1 fully saturated rings. The number of likely N-dealkylation sites (tertiary alicyclic amines) is 1. The normalized spacial score (nSPS) is 17.4. The van der Waals surface area contributed by atoms with E-state index in [1.807, 2.05) is 46.1 Å². The van der Waals surface area contributed by atoms with Crippen LogP contribution in [0.1, 0.15) is 41.6 Å². The van der Waals surface area contributed by atoms with Gasteiger partial charge in [0.25, 0.3) is 5.91 Å². The van der Waals surface area contributed by atoms with Gasteiger partial charge in [-0.2, -0.15) is 5.10 Å². The van der Waals surface area contributed by atoms with Gasteiger partial charge >= 0.3 is 5.97 Å². The lowest BCUT2D eigenvalue weighted by atomic mass is 9.93. The van der Waals surface area contributed by atoms with Crippen LogP contribution in [0, 0.1) is 5.92 Å².